The Bertz CT molecular complexity index is 186. The Hall–Kier alpha value is -0.520. The highest BCUT2D eigenvalue weighted by Gasteiger charge is 2.36. The van der Waals surface area contributed by atoms with Crippen molar-refractivity contribution >= 4 is 0 Å². The minimum Gasteiger partial charge on any atom is -0.103 e. The van der Waals surface area contributed by atoms with Crippen LogP contribution in [0.4, 0.5) is 0 Å². The first-order valence-electron chi connectivity index (χ1n) is 6.51. The monoisotopic (exact) mass is 206 g/mol. The van der Waals surface area contributed by atoms with Crippen LogP contribution in [0.5, 0.6) is 0 Å². The van der Waals surface area contributed by atoms with Crippen LogP contribution in [0.1, 0.15) is 58.3 Å². The Balaban J connectivity index is 2.73. The molecular weight excluding hydrogens is 180 g/mol. The second-order valence-electron chi connectivity index (χ2n) is 5.02. The molecule has 86 valence electrons. The van der Waals surface area contributed by atoms with Crippen molar-refractivity contribution in [3.8, 4) is 0 Å². The van der Waals surface area contributed by atoms with E-state index in [1.165, 1.54) is 51.4 Å². The van der Waals surface area contributed by atoms with Gasteiger partial charge in [0.25, 0.3) is 0 Å². The topological polar surface area (TPSA) is 0 Å². The zero-order chi connectivity index (χ0) is 11.1. The SMILES string of the molecule is C=CCC(CC=C)C1(CC)CCCCC1. The fourth-order valence-corrected chi connectivity index (χ4v) is 3.30. The molecule has 0 saturated heterocycles. The Morgan fingerprint density at radius 2 is 1.60 bits per heavy atom. The van der Waals surface area contributed by atoms with Crippen molar-refractivity contribution in [2.75, 3.05) is 0 Å². The number of hydrogen-bond acceptors (Lipinski definition) is 0. The Kier molecular flexibility index (Phi) is 5.14. The van der Waals surface area contributed by atoms with E-state index in [0.717, 1.165) is 5.92 Å². The molecule has 0 aromatic carbocycles. The molecule has 0 nitrogen and oxygen atoms in total. The first kappa shape index (κ1) is 12.5. The molecule has 1 saturated carbocycles. The maximum atomic E-state index is 3.91. The summed E-state index contributed by atoms with van der Waals surface area (Å²) < 4.78 is 0. The van der Waals surface area contributed by atoms with Gasteiger partial charge in [-0.3, -0.25) is 0 Å². The summed E-state index contributed by atoms with van der Waals surface area (Å²) in [5.41, 5.74) is 0.598. The van der Waals surface area contributed by atoms with Gasteiger partial charge in [0, 0.05) is 0 Å². The largest absolute Gasteiger partial charge is 0.103 e. The van der Waals surface area contributed by atoms with Gasteiger partial charge < -0.3 is 0 Å². The minimum atomic E-state index is 0.598. The molecule has 0 aromatic heterocycles. The average Bonchev–Trinajstić information content (AvgIpc) is 2.30. The van der Waals surface area contributed by atoms with Gasteiger partial charge in [-0.2, -0.15) is 0 Å². The fourth-order valence-electron chi connectivity index (χ4n) is 3.30. The van der Waals surface area contributed by atoms with E-state index in [1.54, 1.807) is 0 Å². The van der Waals surface area contributed by atoms with Gasteiger partial charge >= 0.3 is 0 Å². The minimum absolute atomic E-state index is 0.598. The molecule has 0 amide bonds. The molecule has 1 aliphatic rings. The van der Waals surface area contributed by atoms with Crippen molar-refractivity contribution < 1.29 is 0 Å². The summed E-state index contributed by atoms with van der Waals surface area (Å²) in [5.74, 6) is 0.790. The fraction of sp³-hybridized carbons (Fsp3) is 0.733. The molecule has 0 atom stereocenters. The second-order valence-corrected chi connectivity index (χ2v) is 5.02. The van der Waals surface area contributed by atoms with Crippen LogP contribution < -0.4 is 0 Å². The van der Waals surface area contributed by atoms with Crippen LogP contribution in [-0.4, -0.2) is 0 Å². The smallest absolute Gasteiger partial charge is 0.0266 e. The third-order valence-electron chi connectivity index (χ3n) is 4.32. The van der Waals surface area contributed by atoms with E-state index < -0.39 is 0 Å². The first-order chi connectivity index (χ1) is 7.29. The summed E-state index contributed by atoms with van der Waals surface area (Å²) in [7, 11) is 0. The number of allylic oxidation sites excluding steroid dienone is 2. The summed E-state index contributed by atoms with van der Waals surface area (Å²) in [4.78, 5) is 0. The number of hydrogen-bond donors (Lipinski definition) is 0. The molecule has 0 bridgehead atoms. The van der Waals surface area contributed by atoms with Gasteiger partial charge in [-0.25, -0.2) is 0 Å². The third kappa shape index (κ3) is 2.96. The highest BCUT2D eigenvalue weighted by atomic mass is 14.4. The van der Waals surface area contributed by atoms with E-state index in [-0.39, 0.29) is 0 Å². The van der Waals surface area contributed by atoms with Crippen LogP contribution in [0.15, 0.2) is 25.3 Å². The Morgan fingerprint density at radius 3 is 2.00 bits per heavy atom. The lowest BCUT2D eigenvalue weighted by Gasteiger charge is -2.43. The molecule has 0 aliphatic heterocycles. The van der Waals surface area contributed by atoms with Crippen LogP contribution >= 0.6 is 0 Å². The van der Waals surface area contributed by atoms with Gasteiger partial charge in [-0.1, -0.05) is 44.8 Å². The molecule has 1 aliphatic carbocycles. The predicted octanol–water partition coefficient (Wildman–Crippen LogP) is 5.12. The maximum absolute atomic E-state index is 3.91. The average molecular weight is 206 g/mol. The second kappa shape index (κ2) is 6.15. The highest BCUT2D eigenvalue weighted by Crippen LogP contribution is 2.48. The van der Waals surface area contributed by atoms with Crippen LogP contribution in [0.3, 0.4) is 0 Å². The van der Waals surface area contributed by atoms with E-state index in [2.05, 4.69) is 32.2 Å². The lowest BCUT2D eigenvalue weighted by molar-refractivity contribution is 0.0923. The van der Waals surface area contributed by atoms with Crippen molar-refractivity contribution in [2.24, 2.45) is 11.3 Å². The van der Waals surface area contributed by atoms with E-state index in [9.17, 15) is 0 Å². The van der Waals surface area contributed by atoms with Crippen LogP contribution in [0.2, 0.25) is 0 Å². The molecular formula is C15H26. The lowest BCUT2D eigenvalue weighted by Crippen LogP contribution is -2.32. The van der Waals surface area contributed by atoms with Gasteiger partial charge in [0.15, 0.2) is 0 Å². The lowest BCUT2D eigenvalue weighted by atomic mass is 9.62. The van der Waals surface area contributed by atoms with E-state index >= 15 is 0 Å². The summed E-state index contributed by atoms with van der Waals surface area (Å²) in [5, 5.41) is 0. The normalized spacial score (nSPS) is 20.1. The Labute approximate surface area is 95.5 Å². The van der Waals surface area contributed by atoms with Gasteiger partial charge in [0.1, 0.15) is 0 Å². The molecule has 0 heterocycles. The van der Waals surface area contributed by atoms with Gasteiger partial charge in [0.2, 0.25) is 0 Å². The molecule has 0 radical (unpaired) electrons. The van der Waals surface area contributed by atoms with E-state index in [4.69, 9.17) is 0 Å². The summed E-state index contributed by atoms with van der Waals surface area (Å²) in [6, 6.07) is 0. The summed E-state index contributed by atoms with van der Waals surface area (Å²) >= 11 is 0. The van der Waals surface area contributed by atoms with Crippen molar-refractivity contribution in [3.05, 3.63) is 25.3 Å². The van der Waals surface area contributed by atoms with Gasteiger partial charge in [0.05, 0.1) is 0 Å². The zero-order valence-electron chi connectivity index (χ0n) is 10.3. The van der Waals surface area contributed by atoms with Crippen molar-refractivity contribution in [3.63, 3.8) is 0 Å². The zero-order valence-corrected chi connectivity index (χ0v) is 10.3. The standard InChI is InChI=1S/C15H26/c1-4-10-14(11-5-2)15(6-3)12-8-7-9-13-15/h4-5,14H,1-2,6-13H2,3H3. The van der Waals surface area contributed by atoms with E-state index in [1.807, 2.05) is 0 Å². The van der Waals surface area contributed by atoms with Crippen LogP contribution in [-0.2, 0) is 0 Å². The van der Waals surface area contributed by atoms with Crippen LogP contribution in [0.25, 0.3) is 0 Å². The summed E-state index contributed by atoms with van der Waals surface area (Å²) in [6.07, 6.45) is 15.0. The van der Waals surface area contributed by atoms with E-state index in [0.29, 0.717) is 5.41 Å². The van der Waals surface area contributed by atoms with Crippen molar-refractivity contribution in [2.45, 2.75) is 58.3 Å². The number of rotatable bonds is 6. The molecule has 0 heteroatoms. The molecule has 0 aromatic rings. The highest BCUT2D eigenvalue weighted by molar-refractivity contribution is 4.93. The van der Waals surface area contributed by atoms with Crippen LogP contribution in [0, 0.1) is 11.3 Å². The summed E-state index contributed by atoms with van der Waals surface area (Å²) in [6.45, 7) is 10.2. The van der Waals surface area contributed by atoms with Crippen molar-refractivity contribution in [1.82, 2.24) is 0 Å². The van der Waals surface area contributed by atoms with Crippen molar-refractivity contribution in [1.29, 1.82) is 0 Å². The molecule has 15 heavy (non-hydrogen) atoms. The molecule has 0 unspecified atom stereocenters. The molecule has 0 N–H and O–H groups in total. The first-order valence-corrected chi connectivity index (χ1v) is 6.51. The quantitative estimate of drug-likeness (QED) is 0.529. The maximum Gasteiger partial charge on any atom is -0.0266 e. The Morgan fingerprint density at radius 1 is 1.07 bits per heavy atom. The molecule has 1 fully saturated rings. The predicted molar refractivity (Wildman–Crippen MR) is 68.9 cm³/mol. The molecule has 1 rings (SSSR count). The van der Waals surface area contributed by atoms with Gasteiger partial charge in [-0.05, 0) is 37.0 Å². The van der Waals surface area contributed by atoms with Gasteiger partial charge in [-0.15, -0.1) is 13.2 Å². The third-order valence-corrected chi connectivity index (χ3v) is 4.32. The molecule has 0 spiro atoms.